The molecule has 1 aliphatic heterocycles. The third kappa shape index (κ3) is 3.98. The normalized spacial score (nSPS) is 17.8. The summed E-state index contributed by atoms with van der Waals surface area (Å²) >= 11 is 0. The fraction of sp³-hybridized carbons (Fsp3) is 0.500. The molecule has 2 N–H and O–H groups in total. The van der Waals surface area contributed by atoms with Crippen LogP contribution < -0.4 is 20.2 Å². The lowest BCUT2D eigenvalue weighted by atomic mass is 9.95. The Morgan fingerprint density at radius 1 is 1.23 bits per heavy atom. The molecule has 6 nitrogen and oxygen atoms in total. The van der Waals surface area contributed by atoms with Crippen molar-refractivity contribution in [1.29, 1.82) is 0 Å². The zero-order chi connectivity index (χ0) is 15.2. The number of rotatable bonds is 5. The summed E-state index contributed by atoms with van der Waals surface area (Å²) in [5.41, 5.74) is 3.39. The predicted molar refractivity (Wildman–Crippen MR) is 83.2 cm³/mol. The van der Waals surface area contributed by atoms with Gasteiger partial charge in [-0.25, -0.2) is 5.43 Å². The molecule has 3 rings (SSSR count). The lowest BCUT2D eigenvalue weighted by Gasteiger charge is -2.22. The van der Waals surface area contributed by atoms with Crippen LogP contribution in [0.5, 0.6) is 11.5 Å². The molecule has 0 radical (unpaired) electrons. The van der Waals surface area contributed by atoms with Crippen LogP contribution in [0.15, 0.2) is 23.3 Å². The van der Waals surface area contributed by atoms with E-state index >= 15 is 0 Å². The van der Waals surface area contributed by atoms with Crippen molar-refractivity contribution in [1.82, 2.24) is 10.7 Å². The Kier molecular flexibility index (Phi) is 4.90. The number of hydrazone groups is 1. The van der Waals surface area contributed by atoms with Crippen molar-refractivity contribution in [2.24, 2.45) is 5.10 Å². The van der Waals surface area contributed by atoms with Gasteiger partial charge in [-0.1, -0.05) is 19.3 Å². The number of hydrogen-bond donors (Lipinski definition) is 2. The van der Waals surface area contributed by atoms with E-state index in [1.165, 1.54) is 19.3 Å². The standard InChI is InChI=1S/C16H21N3O3/c20-16(10-17-13-4-2-1-3-5-13)19-18-9-12-6-7-14-15(8-12)22-11-21-14/h6-9,13,17H,1-5,10-11H2,(H,19,20)/b18-9-. The number of ether oxygens (including phenoxy) is 2. The molecule has 6 heteroatoms. The molecule has 1 aromatic rings. The first-order valence-electron chi connectivity index (χ1n) is 7.76. The van der Waals surface area contributed by atoms with E-state index in [2.05, 4.69) is 15.8 Å². The summed E-state index contributed by atoms with van der Waals surface area (Å²) < 4.78 is 10.5. The van der Waals surface area contributed by atoms with Crippen LogP contribution in [0.3, 0.4) is 0 Å². The third-order valence-electron chi connectivity index (χ3n) is 3.96. The average Bonchev–Trinajstić information content (AvgIpc) is 3.02. The van der Waals surface area contributed by atoms with Crippen LogP contribution in [0.4, 0.5) is 0 Å². The van der Waals surface area contributed by atoms with Gasteiger partial charge in [-0.15, -0.1) is 0 Å². The summed E-state index contributed by atoms with van der Waals surface area (Å²) in [5.74, 6) is 1.31. The Bertz CT molecular complexity index is 554. The molecule has 1 saturated carbocycles. The smallest absolute Gasteiger partial charge is 0.254 e. The van der Waals surface area contributed by atoms with Crippen molar-refractivity contribution in [2.45, 2.75) is 38.1 Å². The molecule has 1 heterocycles. The molecular formula is C16H21N3O3. The molecule has 1 aliphatic carbocycles. The van der Waals surface area contributed by atoms with Gasteiger partial charge in [0.05, 0.1) is 12.8 Å². The summed E-state index contributed by atoms with van der Waals surface area (Å²) in [6.45, 7) is 0.558. The van der Waals surface area contributed by atoms with Crippen LogP contribution in [-0.2, 0) is 4.79 Å². The largest absolute Gasteiger partial charge is 0.454 e. The van der Waals surface area contributed by atoms with Gasteiger partial charge in [0.25, 0.3) is 5.91 Å². The van der Waals surface area contributed by atoms with E-state index in [0.29, 0.717) is 18.3 Å². The van der Waals surface area contributed by atoms with Gasteiger partial charge in [0.1, 0.15) is 0 Å². The highest BCUT2D eigenvalue weighted by molar-refractivity contribution is 5.83. The van der Waals surface area contributed by atoms with Crippen LogP contribution >= 0.6 is 0 Å². The lowest BCUT2D eigenvalue weighted by molar-refractivity contribution is -0.120. The van der Waals surface area contributed by atoms with Gasteiger partial charge in [0.2, 0.25) is 6.79 Å². The Morgan fingerprint density at radius 3 is 2.91 bits per heavy atom. The second-order valence-corrected chi connectivity index (χ2v) is 5.62. The molecule has 0 atom stereocenters. The molecule has 0 saturated heterocycles. The molecule has 0 bridgehead atoms. The maximum absolute atomic E-state index is 11.7. The zero-order valence-electron chi connectivity index (χ0n) is 12.5. The molecule has 118 valence electrons. The van der Waals surface area contributed by atoms with Crippen LogP contribution in [0, 0.1) is 0 Å². The fourth-order valence-corrected chi connectivity index (χ4v) is 2.76. The summed E-state index contributed by atoms with van der Waals surface area (Å²) in [6, 6.07) is 6.00. The number of carbonyl (C=O) groups is 1. The number of amides is 1. The van der Waals surface area contributed by atoms with Crippen LogP contribution in [0.25, 0.3) is 0 Å². The quantitative estimate of drug-likeness (QED) is 0.642. The number of benzene rings is 1. The number of carbonyl (C=O) groups excluding carboxylic acids is 1. The Hall–Kier alpha value is -2.08. The van der Waals surface area contributed by atoms with Gasteiger partial charge < -0.3 is 14.8 Å². The summed E-state index contributed by atoms with van der Waals surface area (Å²) in [6.07, 6.45) is 7.73. The molecule has 2 aliphatic rings. The van der Waals surface area contributed by atoms with E-state index in [0.717, 1.165) is 24.2 Å². The first-order chi connectivity index (χ1) is 10.8. The van der Waals surface area contributed by atoms with Crippen molar-refractivity contribution in [2.75, 3.05) is 13.3 Å². The van der Waals surface area contributed by atoms with Crippen molar-refractivity contribution < 1.29 is 14.3 Å². The molecule has 0 unspecified atom stereocenters. The van der Waals surface area contributed by atoms with E-state index in [9.17, 15) is 4.79 Å². The highest BCUT2D eigenvalue weighted by atomic mass is 16.7. The first kappa shape index (κ1) is 14.8. The topological polar surface area (TPSA) is 72.0 Å². The lowest BCUT2D eigenvalue weighted by Crippen LogP contribution is -2.38. The molecule has 22 heavy (non-hydrogen) atoms. The summed E-state index contributed by atoms with van der Waals surface area (Å²) in [7, 11) is 0. The Morgan fingerprint density at radius 2 is 2.05 bits per heavy atom. The number of nitrogens with one attached hydrogen (secondary N) is 2. The molecule has 0 spiro atoms. The molecular weight excluding hydrogens is 282 g/mol. The molecule has 1 fully saturated rings. The monoisotopic (exact) mass is 303 g/mol. The minimum Gasteiger partial charge on any atom is -0.454 e. The predicted octanol–water partition coefficient (Wildman–Crippen LogP) is 1.79. The van der Waals surface area contributed by atoms with E-state index in [4.69, 9.17) is 9.47 Å². The van der Waals surface area contributed by atoms with Gasteiger partial charge in [-0.2, -0.15) is 5.10 Å². The van der Waals surface area contributed by atoms with E-state index in [1.807, 2.05) is 18.2 Å². The van der Waals surface area contributed by atoms with Gasteiger partial charge >= 0.3 is 0 Å². The highest BCUT2D eigenvalue weighted by Crippen LogP contribution is 2.31. The van der Waals surface area contributed by atoms with E-state index in [1.54, 1.807) is 6.21 Å². The van der Waals surface area contributed by atoms with Gasteiger partial charge in [-0.05, 0) is 36.6 Å². The minimum atomic E-state index is -0.123. The molecule has 1 aromatic carbocycles. The van der Waals surface area contributed by atoms with Gasteiger partial charge in [0, 0.05) is 6.04 Å². The number of nitrogens with zero attached hydrogens (tertiary/aromatic N) is 1. The maximum Gasteiger partial charge on any atom is 0.254 e. The summed E-state index contributed by atoms with van der Waals surface area (Å²) in [5, 5.41) is 7.25. The fourth-order valence-electron chi connectivity index (χ4n) is 2.76. The van der Waals surface area contributed by atoms with Gasteiger partial charge in [-0.3, -0.25) is 4.79 Å². The first-order valence-corrected chi connectivity index (χ1v) is 7.76. The third-order valence-corrected chi connectivity index (χ3v) is 3.96. The number of hydrogen-bond acceptors (Lipinski definition) is 5. The molecule has 0 aromatic heterocycles. The van der Waals surface area contributed by atoms with Crippen LogP contribution in [0.2, 0.25) is 0 Å². The minimum absolute atomic E-state index is 0.123. The number of fused-ring (bicyclic) bond motifs is 1. The second-order valence-electron chi connectivity index (χ2n) is 5.62. The van der Waals surface area contributed by atoms with Crippen molar-refractivity contribution in [3.8, 4) is 11.5 Å². The van der Waals surface area contributed by atoms with E-state index in [-0.39, 0.29) is 12.7 Å². The van der Waals surface area contributed by atoms with E-state index < -0.39 is 0 Å². The SMILES string of the molecule is O=C(CNC1CCCCC1)N/N=C\c1ccc2c(c1)OCO2. The average molecular weight is 303 g/mol. The molecule has 1 amide bonds. The van der Waals surface area contributed by atoms with Crippen molar-refractivity contribution in [3.63, 3.8) is 0 Å². The zero-order valence-corrected chi connectivity index (χ0v) is 12.5. The van der Waals surface area contributed by atoms with Crippen molar-refractivity contribution >= 4 is 12.1 Å². The second kappa shape index (κ2) is 7.26. The van der Waals surface area contributed by atoms with Crippen LogP contribution in [-0.4, -0.2) is 31.5 Å². The van der Waals surface area contributed by atoms with Crippen molar-refractivity contribution in [3.05, 3.63) is 23.8 Å². The Labute approximate surface area is 129 Å². The maximum atomic E-state index is 11.7. The Balaban J connectivity index is 1.42. The van der Waals surface area contributed by atoms with Crippen LogP contribution in [0.1, 0.15) is 37.7 Å². The van der Waals surface area contributed by atoms with Gasteiger partial charge in [0.15, 0.2) is 11.5 Å². The summed E-state index contributed by atoms with van der Waals surface area (Å²) in [4.78, 5) is 11.7. The highest BCUT2D eigenvalue weighted by Gasteiger charge is 2.14.